The molecule has 1 atom stereocenters. The summed E-state index contributed by atoms with van der Waals surface area (Å²) in [6, 6.07) is 8.36. The highest BCUT2D eigenvalue weighted by Gasteiger charge is 2.25. The van der Waals surface area contributed by atoms with Crippen LogP contribution in [0.5, 0.6) is 0 Å². The number of nitrogens with zero attached hydrogens (tertiary/aromatic N) is 6. The second-order valence-corrected chi connectivity index (χ2v) is 11.3. The number of amides is 1. The SMILES string of the molecule is CSNC(=O)c1nc(Cl)ccc1NC(C)c1cc(C)cc2c(=O)n(C)c(N3CCN(c4cc(F)cnc4C)CC3)nc12. The molecule has 0 aliphatic carbocycles. The average molecular weight is 611 g/mol. The normalized spacial score (nSPS) is 14.3. The van der Waals surface area contributed by atoms with Gasteiger partial charge in [0.1, 0.15) is 11.0 Å². The number of benzene rings is 1. The van der Waals surface area contributed by atoms with Gasteiger partial charge in [-0.05, 0) is 44.5 Å². The lowest BCUT2D eigenvalue weighted by Crippen LogP contribution is -2.48. The first kappa shape index (κ1) is 29.6. The maximum atomic E-state index is 13.9. The van der Waals surface area contributed by atoms with Crippen molar-refractivity contribution in [1.29, 1.82) is 0 Å². The van der Waals surface area contributed by atoms with Crippen LogP contribution >= 0.6 is 23.5 Å². The van der Waals surface area contributed by atoms with Gasteiger partial charge in [0, 0.05) is 51.1 Å². The molecule has 5 rings (SSSR count). The molecule has 0 radical (unpaired) electrons. The van der Waals surface area contributed by atoms with Crippen LogP contribution in [0.3, 0.4) is 0 Å². The number of pyridine rings is 2. The lowest BCUT2D eigenvalue weighted by molar-refractivity contribution is 0.0980. The Morgan fingerprint density at radius 3 is 2.52 bits per heavy atom. The lowest BCUT2D eigenvalue weighted by atomic mass is 10.0. The summed E-state index contributed by atoms with van der Waals surface area (Å²) in [6.07, 6.45) is 2.97. The number of piperazine rings is 1. The summed E-state index contributed by atoms with van der Waals surface area (Å²) in [5, 5.41) is 4.10. The summed E-state index contributed by atoms with van der Waals surface area (Å²) in [4.78, 5) is 43.9. The summed E-state index contributed by atoms with van der Waals surface area (Å²) in [6.45, 7) is 8.21. The molecule has 0 saturated carbocycles. The van der Waals surface area contributed by atoms with Crippen LogP contribution < -0.4 is 25.4 Å². The van der Waals surface area contributed by atoms with Crippen LogP contribution in [0.25, 0.3) is 10.9 Å². The first-order valence-corrected chi connectivity index (χ1v) is 15.1. The van der Waals surface area contributed by atoms with Crippen molar-refractivity contribution < 1.29 is 9.18 Å². The van der Waals surface area contributed by atoms with Crippen molar-refractivity contribution >= 4 is 57.7 Å². The molecule has 1 aliphatic heterocycles. The molecule has 42 heavy (non-hydrogen) atoms. The van der Waals surface area contributed by atoms with Gasteiger partial charge in [-0.25, -0.2) is 14.4 Å². The van der Waals surface area contributed by atoms with Gasteiger partial charge < -0.3 is 15.1 Å². The third-order valence-corrected chi connectivity index (χ3v) is 7.97. The Kier molecular flexibility index (Phi) is 8.55. The van der Waals surface area contributed by atoms with Gasteiger partial charge >= 0.3 is 0 Å². The van der Waals surface area contributed by atoms with Crippen LogP contribution in [-0.2, 0) is 7.05 Å². The van der Waals surface area contributed by atoms with Gasteiger partial charge in [0.2, 0.25) is 5.95 Å². The zero-order valence-corrected chi connectivity index (χ0v) is 25.6. The molecule has 1 fully saturated rings. The highest BCUT2D eigenvalue weighted by Crippen LogP contribution is 2.30. The highest BCUT2D eigenvalue weighted by atomic mass is 35.5. The van der Waals surface area contributed by atoms with Crippen molar-refractivity contribution in [2.24, 2.45) is 7.05 Å². The van der Waals surface area contributed by atoms with E-state index in [1.165, 1.54) is 24.2 Å². The number of nitrogens with one attached hydrogen (secondary N) is 2. The number of fused-ring (bicyclic) bond motifs is 1. The molecule has 1 unspecified atom stereocenters. The van der Waals surface area contributed by atoms with E-state index < -0.39 is 0 Å². The minimum Gasteiger partial charge on any atom is -0.377 e. The number of carbonyl (C=O) groups excluding carboxylic acids is 1. The van der Waals surface area contributed by atoms with E-state index >= 15 is 0 Å². The van der Waals surface area contributed by atoms with Crippen LogP contribution in [0.15, 0.2) is 41.3 Å². The fourth-order valence-corrected chi connectivity index (χ4v) is 5.72. The number of anilines is 3. The summed E-state index contributed by atoms with van der Waals surface area (Å²) in [5.74, 6) is -0.174. The molecule has 4 heterocycles. The van der Waals surface area contributed by atoms with E-state index in [4.69, 9.17) is 16.6 Å². The second kappa shape index (κ2) is 12.1. The van der Waals surface area contributed by atoms with E-state index in [-0.39, 0.29) is 34.2 Å². The van der Waals surface area contributed by atoms with Crippen LogP contribution in [0, 0.1) is 19.7 Å². The zero-order valence-electron chi connectivity index (χ0n) is 24.0. The van der Waals surface area contributed by atoms with Crippen molar-refractivity contribution in [1.82, 2.24) is 24.2 Å². The van der Waals surface area contributed by atoms with Crippen molar-refractivity contribution in [3.63, 3.8) is 0 Å². The lowest BCUT2D eigenvalue weighted by Gasteiger charge is -2.37. The number of aromatic nitrogens is 4. The third kappa shape index (κ3) is 5.86. The predicted molar refractivity (Wildman–Crippen MR) is 167 cm³/mol. The van der Waals surface area contributed by atoms with Gasteiger partial charge in [-0.1, -0.05) is 29.6 Å². The molecular weight excluding hydrogens is 579 g/mol. The van der Waals surface area contributed by atoms with Crippen LogP contribution in [-0.4, -0.2) is 57.9 Å². The third-order valence-electron chi connectivity index (χ3n) is 7.37. The zero-order chi connectivity index (χ0) is 30.1. The van der Waals surface area contributed by atoms with E-state index in [1.54, 1.807) is 30.0 Å². The molecule has 220 valence electrons. The predicted octanol–water partition coefficient (Wildman–Crippen LogP) is 4.64. The molecule has 0 spiro atoms. The molecule has 3 aromatic heterocycles. The Labute approximate surface area is 252 Å². The molecular formula is C29H32ClFN8O2S. The summed E-state index contributed by atoms with van der Waals surface area (Å²) in [5.41, 5.74) is 4.40. The fourth-order valence-electron chi connectivity index (χ4n) is 5.30. The Balaban J connectivity index is 1.48. The molecule has 10 nitrogen and oxygen atoms in total. The van der Waals surface area contributed by atoms with E-state index in [0.29, 0.717) is 48.7 Å². The monoisotopic (exact) mass is 610 g/mol. The van der Waals surface area contributed by atoms with Crippen molar-refractivity contribution in [2.75, 3.05) is 47.6 Å². The maximum Gasteiger partial charge on any atom is 0.281 e. The number of aryl methyl sites for hydroxylation is 2. The number of hydrogen-bond donors (Lipinski definition) is 2. The smallest absolute Gasteiger partial charge is 0.281 e. The first-order chi connectivity index (χ1) is 20.1. The molecule has 1 amide bonds. The number of halogens is 2. The summed E-state index contributed by atoms with van der Waals surface area (Å²) in [7, 11) is 1.73. The number of carbonyl (C=O) groups is 1. The molecule has 4 aromatic rings. The molecule has 2 N–H and O–H groups in total. The Morgan fingerprint density at radius 1 is 1.10 bits per heavy atom. The van der Waals surface area contributed by atoms with Crippen LogP contribution in [0.2, 0.25) is 5.15 Å². The Morgan fingerprint density at radius 2 is 1.81 bits per heavy atom. The minimum atomic E-state index is -0.369. The Hall–Kier alpha value is -3.90. The summed E-state index contributed by atoms with van der Waals surface area (Å²) >= 11 is 7.27. The quantitative estimate of drug-likeness (QED) is 0.228. The number of hydrogen-bond acceptors (Lipinski definition) is 9. The van der Waals surface area contributed by atoms with E-state index in [1.807, 2.05) is 32.9 Å². The largest absolute Gasteiger partial charge is 0.377 e. The topological polar surface area (TPSA) is 108 Å². The van der Waals surface area contributed by atoms with Crippen molar-refractivity contribution in [3.8, 4) is 0 Å². The van der Waals surface area contributed by atoms with Crippen molar-refractivity contribution in [3.05, 3.63) is 80.4 Å². The second-order valence-electron chi connectivity index (χ2n) is 10.3. The van der Waals surface area contributed by atoms with Gasteiger partial charge in [0.25, 0.3) is 11.5 Å². The van der Waals surface area contributed by atoms with Gasteiger partial charge in [0.15, 0.2) is 5.69 Å². The Bertz CT molecular complexity index is 1720. The molecule has 1 aliphatic rings. The minimum absolute atomic E-state index is 0.145. The van der Waals surface area contributed by atoms with E-state index in [2.05, 4.69) is 29.8 Å². The average Bonchev–Trinajstić information content (AvgIpc) is 2.97. The van der Waals surface area contributed by atoms with Crippen LogP contribution in [0.1, 0.15) is 40.3 Å². The molecule has 13 heteroatoms. The number of rotatable bonds is 7. The molecule has 0 bridgehead atoms. The van der Waals surface area contributed by atoms with E-state index in [0.717, 1.165) is 22.5 Å². The summed E-state index contributed by atoms with van der Waals surface area (Å²) < 4.78 is 18.2. The maximum absolute atomic E-state index is 13.9. The van der Waals surface area contributed by atoms with E-state index in [9.17, 15) is 14.0 Å². The highest BCUT2D eigenvalue weighted by molar-refractivity contribution is 7.97. The van der Waals surface area contributed by atoms with Gasteiger partial charge in [-0.3, -0.25) is 23.9 Å². The first-order valence-electron chi connectivity index (χ1n) is 13.5. The molecule has 1 aromatic carbocycles. The van der Waals surface area contributed by atoms with Gasteiger partial charge in [0.05, 0.1) is 40.2 Å². The fraction of sp³-hybridized carbons (Fsp3) is 0.345. The molecule has 1 saturated heterocycles. The standard InChI is InChI=1S/C29H32ClFN8O2S/c1-16-12-20(17(2)33-22-6-7-24(30)34-26(22)27(40)36-42-5)25-21(13-16)28(41)37(4)29(35-25)39-10-8-38(9-11-39)23-14-19(31)15-32-18(23)3/h6-7,12-15,17,33H,8-11H2,1-5H3,(H,36,40). The van der Waals surface area contributed by atoms with Gasteiger partial charge in [-0.2, -0.15) is 0 Å². The van der Waals surface area contributed by atoms with Crippen molar-refractivity contribution in [2.45, 2.75) is 26.8 Å². The van der Waals surface area contributed by atoms with Crippen LogP contribution in [0.4, 0.5) is 21.7 Å². The van der Waals surface area contributed by atoms with Gasteiger partial charge in [-0.15, -0.1) is 0 Å².